The normalized spacial score (nSPS) is 17.8. The molecule has 2 rings (SSSR count). The fourth-order valence-corrected chi connectivity index (χ4v) is 3.00. The zero-order chi connectivity index (χ0) is 19.2. The van der Waals surface area contributed by atoms with Crippen LogP contribution >= 0.6 is 0 Å². The number of benzene rings is 1. The molecule has 2 amide bonds. The lowest BCUT2D eigenvalue weighted by Gasteiger charge is -2.38. The molecule has 0 spiro atoms. The first-order chi connectivity index (χ1) is 12.3. The van der Waals surface area contributed by atoms with Gasteiger partial charge in [0.25, 0.3) is 6.43 Å². The summed E-state index contributed by atoms with van der Waals surface area (Å²) in [7, 11) is 0. The summed E-state index contributed by atoms with van der Waals surface area (Å²) in [5, 5.41) is 21.5. The minimum atomic E-state index is -2.84. The number of alkyl halides is 2. The van der Waals surface area contributed by atoms with E-state index in [1.807, 2.05) is 30.3 Å². The second-order valence-corrected chi connectivity index (χ2v) is 6.66. The Morgan fingerprint density at radius 3 is 2.35 bits per heavy atom. The highest BCUT2D eigenvalue weighted by molar-refractivity contribution is 5.75. The Bertz CT molecular complexity index is 604. The number of likely N-dealkylation sites (tertiary alicyclic amines) is 1. The quantitative estimate of drug-likeness (QED) is 0.687. The van der Waals surface area contributed by atoms with Gasteiger partial charge in [0.05, 0.1) is 0 Å². The van der Waals surface area contributed by atoms with Crippen LogP contribution in [0.2, 0.25) is 0 Å². The number of hydrogen-bond acceptors (Lipinski definition) is 3. The van der Waals surface area contributed by atoms with Gasteiger partial charge < -0.3 is 20.4 Å². The minimum Gasteiger partial charge on any atom is -0.481 e. The number of hydrogen-bond donors (Lipinski definition) is 3. The zero-order valence-electron chi connectivity index (χ0n) is 14.4. The van der Waals surface area contributed by atoms with Crippen molar-refractivity contribution in [3.05, 3.63) is 35.9 Å². The third-order valence-electron chi connectivity index (χ3n) is 4.68. The minimum absolute atomic E-state index is 0.0314. The lowest BCUT2D eigenvalue weighted by atomic mass is 9.92. The van der Waals surface area contributed by atoms with Crippen LogP contribution in [0.3, 0.4) is 0 Å². The monoisotopic (exact) mass is 370 g/mol. The van der Waals surface area contributed by atoms with E-state index in [1.165, 1.54) is 4.90 Å². The van der Waals surface area contributed by atoms with Crippen LogP contribution in [0.1, 0.15) is 31.2 Å². The molecule has 0 aliphatic carbocycles. The van der Waals surface area contributed by atoms with Crippen molar-refractivity contribution in [2.75, 3.05) is 13.1 Å². The van der Waals surface area contributed by atoms with Gasteiger partial charge in [-0.3, -0.25) is 4.79 Å². The van der Waals surface area contributed by atoms with Crippen molar-refractivity contribution in [2.24, 2.45) is 0 Å². The number of carboxylic acids is 1. The van der Waals surface area contributed by atoms with Crippen LogP contribution in [0.5, 0.6) is 0 Å². The van der Waals surface area contributed by atoms with Crippen molar-refractivity contribution >= 4 is 12.0 Å². The van der Waals surface area contributed by atoms with Crippen molar-refractivity contribution in [3.8, 4) is 0 Å². The van der Waals surface area contributed by atoms with E-state index in [2.05, 4.69) is 5.32 Å². The number of piperidine rings is 1. The van der Waals surface area contributed by atoms with Crippen molar-refractivity contribution in [1.82, 2.24) is 10.2 Å². The number of nitrogens with zero attached hydrogens (tertiary/aromatic N) is 1. The average Bonchev–Trinajstić information content (AvgIpc) is 2.61. The first-order valence-electron chi connectivity index (χ1n) is 8.62. The Labute approximate surface area is 150 Å². The van der Waals surface area contributed by atoms with Gasteiger partial charge in [-0.05, 0) is 31.2 Å². The second-order valence-electron chi connectivity index (χ2n) is 6.66. The van der Waals surface area contributed by atoms with Crippen LogP contribution in [0.4, 0.5) is 13.6 Å². The van der Waals surface area contributed by atoms with E-state index < -0.39 is 24.0 Å². The van der Waals surface area contributed by atoms with Crippen molar-refractivity contribution in [2.45, 2.75) is 50.2 Å². The number of aliphatic hydroxyl groups is 1. The summed E-state index contributed by atoms with van der Waals surface area (Å²) in [6.07, 6.45) is -2.54. The van der Waals surface area contributed by atoms with E-state index in [0.29, 0.717) is 6.42 Å². The SMILES string of the molecule is O=C(O)CCC(Cc1ccccc1)NC(=O)N1CCC(O)(C(F)F)CC1. The highest BCUT2D eigenvalue weighted by Crippen LogP contribution is 2.28. The van der Waals surface area contributed by atoms with Gasteiger partial charge in [-0.1, -0.05) is 30.3 Å². The molecule has 0 bridgehead atoms. The Morgan fingerprint density at radius 2 is 1.81 bits per heavy atom. The summed E-state index contributed by atoms with van der Waals surface area (Å²) >= 11 is 0. The maximum absolute atomic E-state index is 12.8. The topological polar surface area (TPSA) is 89.9 Å². The zero-order valence-corrected chi connectivity index (χ0v) is 14.4. The molecular formula is C18H24F2N2O4. The molecule has 1 heterocycles. The molecule has 0 saturated carbocycles. The average molecular weight is 370 g/mol. The predicted octanol–water partition coefficient (Wildman–Crippen LogP) is 2.26. The molecule has 1 aliphatic rings. The third-order valence-corrected chi connectivity index (χ3v) is 4.68. The van der Waals surface area contributed by atoms with Gasteiger partial charge in [0.1, 0.15) is 5.60 Å². The fourth-order valence-electron chi connectivity index (χ4n) is 3.00. The second kappa shape index (κ2) is 8.93. The maximum atomic E-state index is 12.8. The molecule has 8 heteroatoms. The molecule has 0 radical (unpaired) electrons. The maximum Gasteiger partial charge on any atom is 0.317 e. The van der Waals surface area contributed by atoms with Gasteiger partial charge in [0, 0.05) is 25.6 Å². The van der Waals surface area contributed by atoms with Crippen molar-refractivity contribution in [3.63, 3.8) is 0 Å². The fraction of sp³-hybridized carbons (Fsp3) is 0.556. The highest BCUT2D eigenvalue weighted by atomic mass is 19.3. The number of carboxylic acid groups (broad SMARTS) is 1. The number of amides is 2. The summed E-state index contributed by atoms with van der Waals surface area (Å²) in [4.78, 5) is 24.7. The molecule has 1 unspecified atom stereocenters. The lowest BCUT2D eigenvalue weighted by molar-refractivity contribution is -0.137. The largest absolute Gasteiger partial charge is 0.481 e. The predicted molar refractivity (Wildman–Crippen MR) is 91.1 cm³/mol. The van der Waals surface area contributed by atoms with Crippen LogP contribution in [0.25, 0.3) is 0 Å². The molecular weight excluding hydrogens is 346 g/mol. The molecule has 26 heavy (non-hydrogen) atoms. The first kappa shape index (κ1) is 20.1. The van der Waals surface area contributed by atoms with Gasteiger partial charge in [0.2, 0.25) is 0 Å². The summed E-state index contributed by atoms with van der Waals surface area (Å²) < 4.78 is 25.7. The van der Waals surface area contributed by atoms with Gasteiger partial charge in [-0.15, -0.1) is 0 Å². The summed E-state index contributed by atoms with van der Waals surface area (Å²) in [5.74, 6) is -0.947. The van der Waals surface area contributed by atoms with E-state index in [9.17, 15) is 23.5 Å². The molecule has 1 aliphatic heterocycles. The van der Waals surface area contributed by atoms with E-state index in [0.717, 1.165) is 5.56 Å². The molecule has 144 valence electrons. The summed E-state index contributed by atoms with van der Waals surface area (Å²) in [6.45, 7) is 0.0628. The van der Waals surface area contributed by atoms with Crippen LogP contribution < -0.4 is 5.32 Å². The van der Waals surface area contributed by atoms with Crippen LogP contribution in [-0.4, -0.2) is 58.3 Å². The molecule has 1 aromatic rings. The number of carbonyl (C=O) groups excluding carboxylic acids is 1. The standard InChI is InChI=1S/C18H24F2N2O4/c19-16(20)18(26)8-10-22(11-9-18)17(25)21-14(6-7-15(23)24)12-13-4-2-1-3-5-13/h1-5,14,16,26H,6-12H2,(H,21,25)(H,23,24). The molecule has 3 N–H and O–H groups in total. The van der Waals surface area contributed by atoms with Gasteiger partial charge in [-0.25, -0.2) is 13.6 Å². The van der Waals surface area contributed by atoms with Crippen LogP contribution in [0.15, 0.2) is 30.3 Å². The lowest BCUT2D eigenvalue weighted by Crippen LogP contribution is -2.54. The van der Waals surface area contributed by atoms with E-state index in [-0.39, 0.29) is 44.8 Å². The molecule has 6 nitrogen and oxygen atoms in total. The number of halogens is 2. The molecule has 1 saturated heterocycles. The Hall–Kier alpha value is -2.22. The molecule has 1 fully saturated rings. The van der Waals surface area contributed by atoms with Gasteiger partial charge in [-0.2, -0.15) is 0 Å². The highest BCUT2D eigenvalue weighted by Gasteiger charge is 2.41. The summed E-state index contributed by atoms with van der Waals surface area (Å²) in [5.41, 5.74) is -1.07. The molecule has 1 aromatic carbocycles. The number of urea groups is 1. The number of aliphatic carboxylic acids is 1. The van der Waals surface area contributed by atoms with Crippen molar-refractivity contribution < 1.29 is 28.6 Å². The molecule has 1 atom stereocenters. The Morgan fingerprint density at radius 1 is 1.19 bits per heavy atom. The number of carbonyl (C=O) groups is 2. The summed E-state index contributed by atoms with van der Waals surface area (Å²) in [6, 6.07) is 8.58. The van der Waals surface area contributed by atoms with E-state index in [4.69, 9.17) is 5.11 Å². The van der Waals surface area contributed by atoms with Gasteiger partial charge >= 0.3 is 12.0 Å². The third kappa shape index (κ3) is 5.66. The van der Waals surface area contributed by atoms with E-state index >= 15 is 0 Å². The van der Waals surface area contributed by atoms with Crippen LogP contribution in [0, 0.1) is 0 Å². The smallest absolute Gasteiger partial charge is 0.317 e. The Balaban J connectivity index is 1.94. The first-order valence-corrected chi connectivity index (χ1v) is 8.62. The number of nitrogens with one attached hydrogen (secondary N) is 1. The van der Waals surface area contributed by atoms with Gasteiger partial charge in [0.15, 0.2) is 0 Å². The van der Waals surface area contributed by atoms with Crippen molar-refractivity contribution in [1.29, 1.82) is 0 Å². The van der Waals surface area contributed by atoms with Crippen LogP contribution in [-0.2, 0) is 11.2 Å². The number of rotatable bonds is 7. The molecule has 0 aromatic heterocycles. The Kier molecular flexibility index (Phi) is 6.90. The van der Waals surface area contributed by atoms with E-state index in [1.54, 1.807) is 0 Å².